The van der Waals surface area contributed by atoms with Gasteiger partial charge in [0.05, 0.1) is 11.8 Å². The number of hydrogen-bond donors (Lipinski definition) is 1. The predicted molar refractivity (Wildman–Crippen MR) is 107 cm³/mol. The molecule has 0 saturated carbocycles. The van der Waals surface area contributed by atoms with Crippen molar-refractivity contribution in [3.05, 3.63) is 90.2 Å². The first-order chi connectivity index (χ1) is 14.6. The fraction of sp³-hybridized carbons (Fsp3) is 0.0909. The lowest BCUT2D eigenvalue weighted by atomic mass is 10.2. The van der Waals surface area contributed by atoms with E-state index in [-0.39, 0.29) is 17.6 Å². The number of aromatic nitrogens is 2. The number of carbonyl (C=O) groups excluding carboxylic acids is 2. The van der Waals surface area contributed by atoms with Crippen LogP contribution in [0.5, 0.6) is 0 Å². The minimum atomic E-state index is -0.721. The summed E-state index contributed by atoms with van der Waals surface area (Å²) in [4.78, 5) is 24.4. The van der Waals surface area contributed by atoms with E-state index >= 15 is 0 Å². The monoisotopic (exact) mass is 403 g/mol. The van der Waals surface area contributed by atoms with Crippen LogP contribution in [0.2, 0.25) is 0 Å². The van der Waals surface area contributed by atoms with Gasteiger partial charge in [0.15, 0.2) is 11.9 Å². The number of ether oxygens (including phenoxy) is 1. The second-order valence-corrected chi connectivity index (χ2v) is 6.37. The van der Waals surface area contributed by atoms with Crippen LogP contribution in [-0.2, 0) is 4.74 Å². The van der Waals surface area contributed by atoms with Gasteiger partial charge in [0, 0.05) is 11.3 Å². The average Bonchev–Trinajstić information content (AvgIpc) is 3.47. The number of anilines is 1. The molecular formula is C22H17N3O5. The smallest absolute Gasteiger partial charge is 0.338 e. The summed E-state index contributed by atoms with van der Waals surface area (Å²) in [6.45, 7) is 1.65. The first kappa shape index (κ1) is 19.1. The van der Waals surface area contributed by atoms with Crippen LogP contribution in [0.1, 0.15) is 39.8 Å². The van der Waals surface area contributed by atoms with Gasteiger partial charge in [-0.25, -0.2) is 4.79 Å². The Labute approximate surface area is 171 Å². The van der Waals surface area contributed by atoms with Crippen molar-refractivity contribution in [3.8, 4) is 11.5 Å². The molecule has 0 radical (unpaired) electrons. The van der Waals surface area contributed by atoms with Crippen LogP contribution in [0.4, 0.5) is 5.69 Å². The van der Waals surface area contributed by atoms with Gasteiger partial charge in [-0.2, -0.15) is 0 Å². The van der Waals surface area contributed by atoms with E-state index in [0.29, 0.717) is 17.1 Å². The zero-order chi connectivity index (χ0) is 20.9. The van der Waals surface area contributed by atoms with Crippen LogP contribution in [0, 0.1) is 0 Å². The molecule has 1 unspecified atom stereocenters. The Balaban J connectivity index is 1.38. The predicted octanol–water partition coefficient (Wildman–Crippen LogP) is 4.50. The normalized spacial score (nSPS) is 11.6. The van der Waals surface area contributed by atoms with Gasteiger partial charge in [-0.05, 0) is 55.5 Å². The maximum atomic E-state index is 12.4. The molecule has 1 N–H and O–H groups in total. The van der Waals surface area contributed by atoms with Crippen LogP contribution in [0.3, 0.4) is 0 Å². The minimum absolute atomic E-state index is 0.196. The number of furan rings is 1. The van der Waals surface area contributed by atoms with Gasteiger partial charge in [-0.1, -0.05) is 18.2 Å². The topological polar surface area (TPSA) is 107 Å². The molecule has 0 aliphatic carbocycles. The number of amides is 1. The van der Waals surface area contributed by atoms with Crippen molar-refractivity contribution in [3.63, 3.8) is 0 Å². The third-order valence-electron chi connectivity index (χ3n) is 4.22. The number of rotatable bonds is 6. The van der Waals surface area contributed by atoms with Crippen LogP contribution in [-0.4, -0.2) is 22.1 Å². The second kappa shape index (κ2) is 8.44. The molecule has 1 atom stereocenters. The van der Waals surface area contributed by atoms with Crippen molar-refractivity contribution in [2.24, 2.45) is 0 Å². The number of nitrogens with one attached hydrogen (secondary N) is 1. The molecule has 1 amide bonds. The number of hydrogen-bond acceptors (Lipinski definition) is 7. The fourth-order valence-electron chi connectivity index (χ4n) is 2.67. The van der Waals surface area contributed by atoms with Crippen molar-refractivity contribution < 1.29 is 23.2 Å². The number of esters is 1. The van der Waals surface area contributed by atoms with Crippen molar-refractivity contribution in [2.75, 3.05) is 5.32 Å². The lowest BCUT2D eigenvalue weighted by Crippen LogP contribution is -2.12. The zero-order valence-corrected chi connectivity index (χ0v) is 15.9. The lowest BCUT2D eigenvalue weighted by molar-refractivity contribution is 0.0280. The Morgan fingerprint density at radius 3 is 2.43 bits per heavy atom. The standard InChI is InChI=1S/C22H17N3O5/c1-14(20-24-25-21(30-20)15-6-3-2-4-7-15)29-22(27)16-9-11-17(12-10-16)23-19(26)18-8-5-13-28-18/h2-14H,1H3,(H,23,26). The van der Waals surface area contributed by atoms with E-state index in [1.54, 1.807) is 43.3 Å². The van der Waals surface area contributed by atoms with E-state index in [4.69, 9.17) is 13.6 Å². The molecule has 0 aliphatic rings. The summed E-state index contributed by atoms with van der Waals surface area (Å²) >= 11 is 0. The van der Waals surface area contributed by atoms with Gasteiger partial charge in [0.1, 0.15) is 0 Å². The molecule has 8 nitrogen and oxygen atoms in total. The van der Waals surface area contributed by atoms with E-state index in [9.17, 15) is 9.59 Å². The molecule has 4 rings (SSSR count). The minimum Gasteiger partial charge on any atom is -0.459 e. The number of carbonyl (C=O) groups is 2. The zero-order valence-electron chi connectivity index (χ0n) is 15.9. The Bertz CT molecular complexity index is 1140. The highest BCUT2D eigenvalue weighted by molar-refractivity contribution is 6.02. The largest absolute Gasteiger partial charge is 0.459 e. The average molecular weight is 403 g/mol. The van der Waals surface area contributed by atoms with Crippen molar-refractivity contribution in [1.82, 2.24) is 10.2 Å². The van der Waals surface area contributed by atoms with Crippen molar-refractivity contribution >= 4 is 17.6 Å². The maximum absolute atomic E-state index is 12.4. The maximum Gasteiger partial charge on any atom is 0.338 e. The Hall–Kier alpha value is -4.20. The van der Waals surface area contributed by atoms with E-state index in [2.05, 4.69) is 15.5 Å². The first-order valence-electron chi connectivity index (χ1n) is 9.15. The van der Waals surface area contributed by atoms with Gasteiger partial charge < -0.3 is 18.9 Å². The van der Waals surface area contributed by atoms with Gasteiger partial charge in [-0.3, -0.25) is 4.79 Å². The second-order valence-electron chi connectivity index (χ2n) is 6.37. The van der Waals surface area contributed by atoms with E-state index in [0.717, 1.165) is 5.56 Å². The highest BCUT2D eigenvalue weighted by Gasteiger charge is 2.20. The third kappa shape index (κ3) is 4.27. The van der Waals surface area contributed by atoms with Crippen molar-refractivity contribution in [1.29, 1.82) is 0 Å². The van der Waals surface area contributed by atoms with Gasteiger partial charge >= 0.3 is 5.97 Å². The third-order valence-corrected chi connectivity index (χ3v) is 4.22. The van der Waals surface area contributed by atoms with E-state index < -0.39 is 12.1 Å². The van der Waals surface area contributed by atoms with Gasteiger partial charge in [0.25, 0.3) is 11.8 Å². The van der Waals surface area contributed by atoms with Crippen LogP contribution < -0.4 is 5.32 Å². The molecule has 2 heterocycles. The molecule has 0 fully saturated rings. The molecule has 8 heteroatoms. The molecule has 0 bridgehead atoms. The van der Waals surface area contributed by atoms with Crippen LogP contribution >= 0.6 is 0 Å². The van der Waals surface area contributed by atoms with E-state index in [1.165, 1.54) is 6.26 Å². The SMILES string of the molecule is CC(OC(=O)c1ccc(NC(=O)c2ccco2)cc1)c1nnc(-c2ccccc2)o1. The summed E-state index contributed by atoms with van der Waals surface area (Å²) < 4.78 is 16.1. The molecule has 150 valence electrons. The van der Waals surface area contributed by atoms with Crippen LogP contribution in [0.25, 0.3) is 11.5 Å². The summed E-state index contributed by atoms with van der Waals surface area (Å²) in [7, 11) is 0. The molecule has 4 aromatic rings. The molecular weight excluding hydrogens is 386 g/mol. The molecule has 30 heavy (non-hydrogen) atoms. The first-order valence-corrected chi connectivity index (χ1v) is 9.15. The number of nitrogens with zero attached hydrogens (tertiary/aromatic N) is 2. The Kier molecular flexibility index (Phi) is 5.38. The summed E-state index contributed by atoms with van der Waals surface area (Å²) in [5.41, 5.74) is 1.62. The Morgan fingerprint density at radius 2 is 1.73 bits per heavy atom. The number of benzene rings is 2. The summed E-state index contributed by atoms with van der Waals surface area (Å²) in [5, 5.41) is 10.6. The van der Waals surface area contributed by atoms with Gasteiger partial charge in [-0.15, -0.1) is 10.2 Å². The summed E-state index contributed by atoms with van der Waals surface area (Å²) in [6.07, 6.45) is 0.697. The molecule has 0 saturated heterocycles. The fourth-order valence-corrected chi connectivity index (χ4v) is 2.67. The van der Waals surface area contributed by atoms with Crippen molar-refractivity contribution in [2.45, 2.75) is 13.0 Å². The van der Waals surface area contributed by atoms with Crippen LogP contribution in [0.15, 0.2) is 81.8 Å². The molecule has 2 aromatic heterocycles. The quantitative estimate of drug-likeness (QED) is 0.472. The van der Waals surface area contributed by atoms with E-state index in [1.807, 2.05) is 30.3 Å². The highest BCUT2D eigenvalue weighted by Crippen LogP contribution is 2.23. The lowest BCUT2D eigenvalue weighted by Gasteiger charge is -2.10. The Morgan fingerprint density at radius 1 is 0.967 bits per heavy atom. The summed E-state index contributed by atoms with van der Waals surface area (Å²) in [6, 6.07) is 18.8. The summed E-state index contributed by atoms with van der Waals surface area (Å²) in [5.74, 6) is -0.183. The molecule has 2 aromatic carbocycles. The highest BCUT2D eigenvalue weighted by atomic mass is 16.6. The molecule has 0 spiro atoms. The van der Waals surface area contributed by atoms with Gasteiger partial charge in [0.2, 0.25) is 5.89 Å². The molecule has 0 aliphatic heterocycles.